The summed E-state index contributed by atoms with van der Waals surface area (Å²) in [5, 5.41) is 9.02. The predicted octanol–water partition coefficient (Wildman–Crippen LogP) is 0.909. The molecule has 1 rings (SSSR count). The number of nitrogens with two attached hydrogens (primary N) is 1. The van der Waals surface area contributed by atoms with E-state index in [0.29, 0.717) is 24.9 Å². The molecule has 0 spiro atoms. The van der Waals surface area contributed by atoms with Crippen molar-refractivity contribution < 1.29 is 9.90 Å². The van der Waals surface area contributed by atoms with Crippen molar-refractivity contribution in [2.75, 3.05) is 13.1 Å². The highest BCUT2D eigenvalue weighted by molar-refractivity contribution is 5.79. The van der Waals surface area contributed by atoms with Gasteiger partial charge in [0.25, 0.3) is 0 Å². The van der Waals surface area contributed by atoms with Crippen LogP contribution in [-0.4, -0.2) is 40.6 Å². The van der Waals surface area contributed by atoms with Gasteiger partial charge >= 0.3 is 5.97 Å². The summed E-state index contributed by atoms with van der Waals surface area (Å²) in [6, 6.07) is 0.416. The van der Waals surface area contributed by atoms with E-state index in [1.165, 1.54) is 0 Å². The number of carboxylic acid groups (broad SMARTS) is 1. The highest BCUT2D eigenvalue weighted by Crippen LogP contribution is 2.24. The minimum Gasteiger partial charge on any atom is -0.480 e. The fraction of sp³-hybridized carbons (Fsp3) is 0.909. The molecule has 0 aliphatic carbocycles. The summed E-state index contributed by atoms with van der Waals surface area (Å²) >= 11 is 0. The van der Waals surface area contributed by atoms with Crippen LogP contribution < -0.4 is 5.73 Å². The third-order valence-corrected chi connectivity index (χ3v) is 3.80. The summed E-state index contributed by atoms with van der Waals surface area (Å²) in [5.41, 5.74) is 4.80. The Balaban J connectivity index is 2.60. The molecule has 3 N–H and O–H groups in total. The lowest BCUT2D eigenvalue weighted by Crippen LogP contribution is -2.51. The van der Waals surface area contributed by atoms with Crippen LogP contribution in [0.15, 0.2) is 0 Å². The van der Waals surface area contributed by atoms with Crippen LogP contribution in [0.2, 0.25) is 0 Å². The third kappa shape index (κ3) is 2.49. The van der Waals surface area contributed by atoms with E-state index in [4.69, 9.17) is 10.8 Å². The molecule has 0 radical (unpaired) electrons. The van der Waals surface area contributed by atoms with Crippen molar-refractivity contribution in [3.63, 3.8) is 0 Å². The number of likely N-dealkylation sites (tertiary alicyclic amines) is 1. The summed E-state index contributed by atoms with van der Waals surface area (Å²) in [4.78, 5) is 13.2. The van der Waals surface area contributed by atoms with Crippen molar-refractivity contribution in [3.05, 3.63) is 0 Å². The van der Waals surface area contributed by atoms with Crippen molar-refractivity contribution >= 4 is 5.97 Å². The van der Waals surface area contributed by atoms with Crippen molar-refractivity contribution in [2.45, 2.75) is 45.2 Å². The maximum absolute atomic E-state index is 11.0. The molecule has 3 unspecified atom stereocenters. The average Bonchev–Trinajstić information content (AvgIpc) is 2.60. The van der Waals surface area contributed by atoms with Gasteiger partial charge in [-0.2, -0.15) is 0 Å². The van der Waals surface area contributed by atoms with Crippen LogP contribution in [0, 0.1) is 5.92 Å². The zero-order chi connectivity index (χ0) is 11.6. The van der Waals surface area contributed by atoms with Gasteiger partial charge in [-0.1, -0.05) is 20.3 Å². The Hall–Kier alpha value is -0.610. The van der Waals surface area contributed by atoms with E-state index in [1.807, 2.05) is 0 Å². The van der Waals surface area contributed by atoms with E-state index >= 15 is 0 Å². The molecule has 0 aromatic carbocycles. The minimum absolute atomic E-state index is 0.416. The quantitative estimate of drug-likeness (QED) is 0.730. The number of aliphatic carboxylic acids is 1. The second-order valence-corrected chi connectivity index (χ2v) is 4.81. The average molecular weight is 214 g/mol. The molecule has 0 saturated carbocycles. The van der Waals surface area contributed by atoms with E-state index in [-0.39, 0.29) is 0 Å². The number of carboxylic acids is 1. The second-order valence-electron chi connectivity index (χ2n) is 4.81. The zero-order valence-electron chi connectivity index (χ0n) is 9.86. The number of hydrogen-bond acceptors (Lipinski definition) is 3. The molecule has 1 fully saturated rings. The van der Waals surface area contributed by atoms with Crippen molar-refractivity contribution in [1.29, 1.82) is 0 Å². The van der Waals surface area contributed by atoms with Crippen LogP contribution in [0.5, 0.6) is 0 Å². The Kier molecular flexibility index (Phi) is 3.73. The number of carbonyl (C=O) groups is 1. The lowest BCUT2D eigenvalue weighted by Gasteiger charge is -2.30. The first-order valence-electron chi connectivity index (χ1n) is 5.67. The van der Waals surface area contributed by atoms with Crippen molar-refractivity contribution in [1.82, 2.24) is 4.90 Å². The SMILES string of the molecule is CCC(C)C(C)N1CCC(N)(C(=O)O)C1. The molecule has 1 aliphatic heterocycles. The molecule has 0 aromatic rings. The van der Waals surface area contributed by atoms with Gasteiger partial charge < -0.3 is 10.8 Å². The molecular formula is C11H22N2O2. The topological polar surface area (TPSA) is 66.6 Å². The van der Waals surface area contributed by atoms with E-state index < -0.39 is 11.5 Å². The first-order valence-corrected chi connectivity index (χ1v) is 5.67. The Labute approximate surface area is 91.4 Å². The van der Waals surface area contributed by atoms with Gasteiger partial charge in [0.05, 0.1) is 0 Å². The Morgan fingerprint density at radius 3 is 2.60 bits per heavy atom. The highest BCUT2D eigenvalue weighted by Gasteiger charge is 2.42. The van der Waals surface area contributed by atoms with Gasteiger partial charge in [-0.05, 0) is 19.3 Å². The summed E-state index contributed by atoms with van der Waals surface area (Å²) in [6.45, 7) is 7.79. The summed E-state index contributed by atoms with van der Waals surface area (Å²) in [7, 11) is 0. The van der Waals surface area contributed by atoms with Crippen LogP contribution in [0.1, 0.15) is 33.6 Å². The van der Waals surface area contributed by atoms with Crippen LogP contribution in [0.3, 0.4) is 0 Å². The van der Waals surface area contributed by atoms with E-state index in [0.717, 1.165) is 13.0 Å². The van der Waals surface area contributed by atoms with Gasteiger partial charge in [-0.3, -0.25) is 9.69 Å². The van der Waals surface area contributed by atoms with Crippen LogP contribution in [-0.2, 0) is 4.79 Å². The van der Waals surface area contributed by atoms with E-state index in [2.05, 4.69) is 25.7 Å². The monoisotopic (exact) mass is 214 g/mol. The molecule has 3 atom stereocenters. The van der Waals surface area contributed by atoms with Gasteiger partial charge in [0.2, 0.25) is 0 Å². The lowest BCUT2D eigenvalue weighted by atomic mass is 9.98. The highest BCUT2D eigenvalue weighted by atomic mass is 16.4. The molecule has 4 nitrogen and oxygen atoms in total. The molecular weight excluding hydrogens is 192 g/mol. The number of hydrogen-bond donors (Lipinski definition) is 2. The molecule has 0 amide bonds. The van der Waals surface area contributed by atoms with E-state index in [1.54, 1.807) is 0 Å². The first-order chi connectivity index (χ1) is 6.90. The normalized spacial score (nSPS) is 31.5. The maximum atomic E-state index is 11.0. The van der Waals surface area contributed by atoms with E-state index in [9.17, 15) is 4.79 Å². The van der Waals surface area contributed by atoms with Gasteiger partial charge in [0.15, 0.2) is 0 Å². The fourth-order valence-electron chi connectivity index (χ4n) is 2.09. The lowest BCUT2D eigenvalue weighted by molar-refractivity contribution is -0.142. The number of nitrogens with zero attached hydrogens (tertiary/aromatic N) is 1. The fourth-order valence-corrected chi connectivity index (χ4v) is 2.09. The van der Waals surface area contributed by atoms with Gasteiger partial charge in [-0.15, -0.1) is 0 Å². The van der Waals surface area contributed by atoms with Gasteiger partial charge in [0.1, 0.15) is 5.54 Å². The molecule has 1 aliphatic rings. The second kappa shape index (κ2) is 4.49. The van der Waals surface area contributed by atoms with Crippen LogP contribution in [0.4, 0.5) is 0 Å². The van der Waals surface area contributed by atoms with Gasteiger partial charge in [-0.25, -0.2) is 0 Å². The molecule has 1 heterocycles. The summed E-state index contributed by atoms with van der Waals surface area (Å²) in [5.74, 6) is -0.289. The Bertz CT molecular complexity index is 245. The molecule has 0 aromatic heterocycles. The Morgan fingerprint density at radius 2 is 2.20 bits per heavy atom. The zero-order valence-corrected chi connectivity index (χ0v) is 9.86. The predicted molar refractivity (Wildman–Crippen MR) is 59.7 cm³/mol. The largest absolute Gasteiger partial charge is 0.480 e. The maximum Gasteiger partial charge on any atom is 0.325 e. The van der Waals surface area contributed by atoms with Crippen molar-refractivity contribution in [3.8, 4) is 0 Å². The molecule has 0 bridgehead atoms. The standard InChI is InChI=1S/C11H22N2O2/c1-4-8(2)9(3)13-6-5-11(12,7-13)10(14)15/h8-9H,4-7,12H2,1-3H3,(H,14,15). The van der Waals surface area contributed by atoms with Crippen molar-refractivity contribution in [2.24, 2.45) is 11.7 Å². The van der Waals surface area contributed by atoms with Crippen LogP contribution in [0.25, 0.3) is 0 Å². The minimum atomic E-state index is -1.03. The first kappa shape index (κ1) is 12.5. The Morgan fingerprint density at radius 1 is 1.60 bits per heavy atom. The van der Waals surface area contributed by atoms with Crippen LogP contribution >= 0.6 is 0 Å². The smallest absolute Gasteiger partial charge is 0.325 e. The van der Waals surface area contributed by atoms with Gasteiger partial charge in [0, 0.05) is 19.1 Å². The molecule has 15 heavy (non-hydrogen) atoms. The molecule has 4 heteroatoms. The molecule has 1 saturated heterocycles. The number of rotatable bonds is 4. The summed E-state index contributed by atoms with van der Waals surface area (Å²) in [6.07, 6.45) is 1.67. The third-order valence-electron chi connectivity index (χ3n) is 3.80. The summed E-state index contributed by atoms with van der Waals surface area (Å²) < 4.78 is 0. The molecule has 88 valence electrons.